The molecule has 0 spiro atoms. The van der Waals surface area contributed by atoms with Gasteiger partial charge in [-0.25, -0.2) is 4.79 Å². The molecule has 1 fully saturated rings. The molecule has 16 heteroatoms. The van der Waals surface area contributed by atoms with Crippen LogP contribution in [0, 0.1) is 16.0 Å². The molecule has 2 aromatic rings. The number of rotatable bonds is 16. The van der Waals surface area contributed by atoms with Crippen LogP contribution in [-0.4, -0.2) is 81.3 Å². The van der Waals surface area contributed by atoms with Gasteiger partial charge in [-0.1, -0.05) is 50.6 Å². The number of ether oxygens (including phenoxy) is 1. The van der Waals surface area contributed by atoms with E-state index in [1.807, 2.05) is 6.92 Å². The number of nitro benzene ring substituents is 1. The number of hydrogen-bond acceptors (Lipinski definition) is 9. The molecule has 1 saturated heterocycles. The summed E-state index contributed by atoms with van der Waals surface area (Å²) >= 11 is 0. The van der Waals surface area contributed by atoms with Crippen molar-refractivity contribution in [3.63, 3.8) is 0 Å². The van der Waals surface area contributed by atoms with Gasteiger partial charge >= 0.3 is 12.1 Å². The monoisotopic (exact) mass is 682 g/mol. The fourth-order valence-corrected chi connectivity index (χ4v) is 5.16. The number of anilines is 1. The number of carboxylic acid groups (broad SMARTS) is 1. The summed E-state index contributed by atoms with van der Waals surface area (Å²) < 4.78 is 5.15. The second kappa shape index (κ2) is 18.1. The van der Waals surface area contributed by atoms with Crippen molar-refractivity contribution in [3.05, 3.63) is 70.3 Å². The Labute approximate surface area is 283 Å². The van der Waals surface area contributed by atoms with E-state index in [1.165, 1.54) is 36.1 Å². The minimum Gasteiger partial charge on any atom is -0.481 e. The van der Waals surface area contributed by atoms with Gasteiger partial charge in [-0.15, -0.1) is 0 Å². The first-order chi connectivity index (χ1) is 23.3. The number of carboxylic acids is 1. The van der Waals surface area contributed by atoms with E-state index in [1.54, 1.807) is 37.3 Å². The van der Waals surface area contributed by atoms with E-state index in [4.69, 9.17) is 9.84 Å². The van der Waals surface area contributed by atoms with Crippen LogP contribution in [-0.2, 0) is 35.3 Å². The summed E-state index contributed by atoms with van der Waals surface area (Å²) in [5.74, 6) is -4.04. The van der Waals surface area contributed by atoms with Crippen molar-refractivity contribution in [3.8, 4) is 0 Å². The number of alkyl carbamates (subject to hydrolysis) is 1. The predicted molar refractivity (Wildman–Crippen MR) is 176 cm³/mol. The molecule has 264 valence electrons. The summed E-state index contributed by atoms with van der Waals surface area (Å²) in [5.41, 5.74) is 0.888. The van der Waals surface area contributed by atoms with Gasteiger partial charge in [0.05, 0.1) is 4.92 Å². The average Bonchev–Trinajstić information content (AvgIpc) is 3.58. The smallest absolute Gasteiger partial charge is 0.408 e. The molecule has 49 heavy (non-hydrogen) atoms. The fraction of sp³-hybridized carbons (Fsp3) is 0.455. The van der Waals surface area contributed by atoms with Crippen LogP contribution in [0.4, 0.5) is 16.2 Å². The molecule has 5 atom stereocenters. The highest BCUT2D eigenvalue weighted by molar-refractivity contribution is 5.99. The Bertz CT molecular complexity index is 1500. The molecule has 1 aliphatic rings. The second-order valence-corrected chi connectivity index (χ2v) is 11.8. The molecule has 0 saturated carbocycles. The lowest BCUT2D eigenvalue weighted by Crippen LogP contribution is -2.58. The first-order valence-corrected chi connectivity index (χ1v) is 16.0. The number of carbonyl (C=O) groups is 6. The van der Waals surface area contributed by atoms with Gasteiger partial charge in [0.1, 0.15) is 30.8 Å². The summed E-state index contributed by atoms with van der Waals surface area (Å²) in [6.07, 6.45) is -0.268. The molecule has 16 nitrogen and oxygen atoms in total. The van der Waals surface area contributed by atoms with E-state index >= 15 is 0 Å². The Kier molecular flexibility index (Phi) is 14.0. The number of nitro groups is 1. The van der Waals surface area contributed by atoms with Gasteiger partial charge in [0.2, 0.25) is 23.6 Å². The third-order valence-electron chi connectivity index (χ3n) is 8.18. The highest BCUT2D eigenvalue weighted by atomic mass is 16.6. The first-order valence-electron chi connectivity index (χ1n) is 16.0. The molecule has 0 aliphatic carbocycles. The highest BCUT2D eigenvalue weighted by Gasteiger charge is 2.40. The summed E-state index contributed by atoms with van der Waals surface area (Å²) in [5, 5.41) is 30.3. The van der Waals surface area contributed by atoms with Crippen LogP contribution in [0.25, 0.3) is 0 Å². The Morgan fingerprint density at radius 1 is 0.980 bits per heavy atom. The van der Waals surface area contributed by atoms with Crippen LogP contribution in [0.15, 0.2) is 54.6 Å². The molecule has 0 radical (unpaired) electrons. The van der Waals surface area contributed by atoms with Gasteiger partial charge in [0.25, 0.3) is 5.69 Å². The van der Waals surface area contributed by atoms with Gasteiger partial charge < -0.3 is 36.0 Å². The standard InChI is InChI=1S/C33H42N6O10/c1-4-20(2)28(32(45)38-18-8-11-26(38)31(44)35-23-12-14-24(15-13-23)39(47)48)37-29(42)21(3)34-30(43)25(16-17-27(40)41)36-33(46)49-19-22-9-6-5-7-10-22/h5-7,9-10,12-15,20-21,25-26,28H,4,8,11,16-19H2,1-3H3,(H,34,43)(H,35,44)(H,36,46)(H,37,42)(H,40,41)/t20-,21-,25-,26-,28-/m0/s1. The molecule has 5 amide bonds. The molecule has 0 aromatic heterocycles. The van der Waals surface area contributed by atoms with Crippen molar-refractivity contribution in [1.29, 1.82) is 0 Å². The maximum absolute atomic E-state index is 13.8. The van der Waals surface area contributed by atoms with Crippen molar-refractivity contribution >= 4 is 47.1 Å². The summed E-state index contributed by atoms with van der Waals surface area (Å²) in [6.45, 7) is 5.16. The second-order valence-electron chi connectivity index (χ2n) is 11.8. The van der Waals surface area contributed by atoms with E-state index < -0.39 is 71.2 Å². The number of aliphatic carboxylic acids is 1. The minimum atomic E-state index is -1.33. The Morgan fingerprint density at radius 2 is 1.65 bits per heavy atom. The minimum absolute atomic E-state index is 0.0830. The number of nitrogens with zero attached hydrogens (tertiary/aromatic N) is 2. The number of benzene rings is 2. The zero-order valence-electron chi connectivity index (χ0n) is 27.5. The number of carbonyl (C=O) groups excluding carboxylic acids is 5. The first kappa shape index (κ1) is 37.9. The molecule has 5 N–H and O–H groups in total. The van der Waals surface area contributed by atoms with Crippen LogP contribution in [0.1, 0.15) is 58.4 Å². The number of nitrogens with one attached hydrogen (secondary N) is 4. The third kappa shape index (κ3) is 11.3. The molecular formula is C33H42N6O10. The normalized spacial score (nSPS) is 16.3. The van der Waals surface area contributed by atoms with Crippen LogP contribution >= 0.6 is 0 Å². The van der Waals surface area contributed by atoms with Crippen molar-refractivity contribution in [1.82, 2.24) is 20.9 Å². The van der Waals surface area contributed by atoms with Crippen molar-refractivity contribution in [2.24, 2.45) is 5.92 Å². The summed E-state index contributed by atoms with van der Waals surface area (Å²) in [4.78, 5) is 88.8. The Morgan fingerprint density at radius 3 is 2.27 bits per heavy atom. The number of hydrogen-bond donors (Lipinski definition) is 5. The summed E-state index contributed by atoms with van der Waals surface area (Å²) in [6, 6.07) is 9.67. The van der Waals surface area contributed by atoms with Crippen LogP contribution in [0.3, 0.4) is 0 Å². The lowest BCUT2D eigenvalue weighted by atomic mass is 9.97. The maximum atomic E-state index is 13.8. The van der Waals surface area contributed by atoms with Crippen molar-refractivity contribution < 1.29 is 43.5 Å². The quantitative estimate of drug-likeness (QED) is 0.128. The predicted octanol–water partition coefficient (Wildman–Crippen LogP) is 2.72. The van der Waals surface area contributed by atoms with Crippen molar-refractivity contribution in [2.75, 3.05) is 11.9 Å². The maximum Gasteiger partial charge on any atom is 0.408 e. The molecule has 2 aromatic carbocycles. The van der Waals surface area contributed by atoms with E-state index in [0.717, 1.165) is 0 Å². The van der Waals surface area contributed by atoms with Crippen LogP contribution in [0.2, 0.25) is 0 Å². The van der Waals surface area contributed by atoms with E-state index in [9.17, 15) is 38.9 Å². The SMILES string of the molecule is CC[C@H](C)[C@H](NC(=O)[C@H](C)NC(=O)[C@H](CCC(=O)O)NC(=O)OCc1ccccc1)C(=O)N1CCC[C@H]1C(=O)Nc1ccc([N+](=O)[O-])cc1. The topological polar surface area (TPSA) is 226 Å². The largest absolute Gasteiger partial charge is 0.481 e. The zero-order valence-corrected chi connectivity index (χ0v) is 27.5. The van der Waals surface area contributed by atoms with Crippen molar-refractivity contribution in [2.45, 2.75) is 83.6 Å². The number of non-ortho nitro benzene ring substituents is 1. The molecule has 0 unspecified atom stereocenters. The molecule has 1 aliphatic heterocycles. The lowest BCUT2D eigenvalue weighted by molar-refractivity contribution is -0.384. The molecular weight excluding hydrogens is 640 g/mol. The van der Waals surface area contributed by atoms with E-state index in [0.29, 0.717) is 30.5 Å². The lowest BCUT2D eigenvalue weighted by Gasteiger charge is -2.32. The van der Waals surface area contributed by atoms with Gasteiger partial charge in [0.15, 0.2) is 0 Å². The van der Waals surface area contributed by atoms with E-state index in [-0.39, 0.29) is 31.2 Å². The van der Waals surface area contributed by atoms with Gasteiger partial charge in [-0.2, -0.15) is 0 Å². The highest BCUT2D eigenvalue weighted by Crippen LogP contribution is 2.23. The van der Waals surface area contributed by atoms with Crippen LogP contribution < -0.4 is 21.3 Å². The fourth-order valence-electron chi connectivity index (χ4n) is 5.16. The van der Waals surface area contributed by atoms with E-state index in [2.05, 4.69) is 21.3 Å². The average molecular weight is 683 g/mol. The molecule has 0 bridgehead atoms. The third-order valence-corrected chi connectivity index (χ3v) is 8.18. The molecule has 3 rings (SSSR count). The van der Waals surface area contributed by atoms with Gasteiger partial charge in [-0.3, -0.25) is 34.1 Å². The van der Waals surface area contributed by atoms with Gasteiger partial charge in [0, 0.05) is 30.8 Å². The summed E-state index contributed by atoms with van der Waals surface area (Å²) in [7, 11) is 0. The Balaban J connectivity index is 1.64. The molecule has 1 heterocycles. The number of likely N-dealkylation sites (tertiary alicyclic amines) is 1. The van der Waals surface area contributed by atoms with Gasteiger partial charge in [-0.05, 0) is 49.8 Å². The number of amides is 5. The Hall–Kier alpha value is -5.54. The zero-order chi connectivity index (χ0) is 36.1. The van der Waals surface area contributed by atoms with Crippen LogP contribution in [0.5, 0.6) is 0 Å².